The van der Waals surface area contributed by atoms with Gasteiger partial charge in [-0.1, -0.05) is 12.1 Å². The summed E-state index contributed by atoms with van der Waals surface area (Å²) in [7, 11) is 0. The number of hydrogen-bond acceptors (Lipinski definition) is 4. The Morgan fingerprint density at radius 1 is 1.47 bits per heavy atom. The molecule has 4 nitrogen and oxygen atoms in total. The van der Waals surface area contributed by atoms with Gasteiger partial charge in [0.25, 0.3) is 0 Å². The van der Waals surface area contributed by atoms with Crippen LogP contribution in [0.2, 0.25) is 0 Å². The van der Waals surface area contributed by atoms with Crippen molar-refractivity contribution in [3.05, 3.63) is 40.9 Å². The van der Waals surface area contributed by atoms with Gasteiger partial charge in [-0.15, -0.1) is 11.3 Å². The summed E-state index contributed by atoms with van der Waals surface area (Å²) in [5.41, 5.74) is 2.88. The second-order valence-corrected chi connectivity index (χ2v) is 5.11. The highest BCUT2D eigenvalue weighted by molar-refractivity contribution is 7.13. The predicted molar refractivity (Wildman–Crippen MR) is 77.3 cm³/mol. The van der Waals surface area contributed by atoms with Crippen LogP contribution in [0.15, 0.2) is 29.6 Å². The number of nitrogens with zero attached hydrogens (tertiary/aromatic N) is 2. The summed E-state index contributed by atoms with van der Waals surface area (Å²) >= 11 is 1.48. The van der Waals surface area contributed by atoms with Crippen LogP contribution in [0.5, 0.6) is 0 Å². The second-order valence-electron chi connectivity index (χ2n) is 4.28. The molecule has 0 radical (unpaired) electrons. The summed E-state index contributed by atoms with van der Waals surface area (Å²) in [6.07, 6.45) is -0.0259. The lowest BCUT2D eigenvalue weighted by Gasteiger charge is -2.20. The van der Waals surface area contributed by atoms with Crippen LogP contribution in [0.1, 0.15) is 18.2 Å². The molecule has 2 rings (SSSR count). The summed E-state index contributed by atoms with van der Waals surface area (Å²) < 4.78 is 0. The number of rotatable bonds is 5. The van der Waals surface area contributed by atoms with Gasteiger partial charge < -0.3 is 10.0 Å². The minimum absolute atomic E-state index is 0.0259. The van der Waals surface area contributed by atoms with Gasteiger partial charge in [-0.2, -0.15) is 0 Å². The molecule has 0 aliphatic carbocycles. The molecule has 0 amide bonds. The molecule has 1 aromatic heterocycles. The third-order valence-electron chi connectivity index (χ3n) is 2.73. The molecule has 19 heavy (non-hydrogen) atoms. The number of carboxylic acid groups (broad SMARTS) is 1. The van der Waals surface area contributed by atoms with E-state index < -0.39 is 5.97 Å². The molecule has 100 valence electrons. The first-order valence-corrected chi connectivity index (χ1v) is 6.98. The molecule has 2 aromatic rings. The van der Waals surface area contributed by atoms with Crippen molar-refractivity contribution in [1.82, 2.24) is 4.98 Å². The summed E-state index contributed by atoms with van der Waals surface area (Å²) in [6, 6.07) is 8.20. The third-order valence-corrected chi connectivity index (χ3v) is 3.64. The van der Waals surface area contributed by atoms with Crippen molar-refractivity contribution in [3.8, 4) is 0 Å². The molecule has 0 spiro atoms. The monoisotopic (exact) mass is 276 g/mol. The van der Waals surface area contributed by atoms with Crippen molar-refractivity contribution < 1.29 is 9.90 Å². The lowest BCUT2D eigenvalue weighted by atomic mass is 10.2. The molecule has 0 aliphatic rings. The lowest BCUT2D eigenvalue weighted by molar-refractivity contribution is -0.136. The Morgan fingerprint density at radius 3 is 2.89 bits per heavy atom. The summed E-state index contributed by atoms with van der Waals surface area (Å²) in [4.78, 5) is 17.2. The number of carbonyl (C=O) groups is 1. The Balaban J connectivity index is 2.27. The number of aromatic nitrogens is 1. The van der Waals surface area contributed by atoms with E-state index in [1.807, 2.05) is 17.5 Å². The number of aryl methyl sites for hydroxylation is 1. The molecular weight excluding hydrogens is 260 g/mol. The van der Waals surface area contributed by atoms with E-state index in [0.717, 1.165) is 17.4 Å². The molecular formula is C14H16N2O2S. The number of aliphatic carboxylic acids is 1. The summed E-state index contributed by atoms with van der Waals surface area (Å²) in [5, 5.41) is 11.4. The molecule has 0 bridgehead atoms. The Labute approximate surface area is 116 Å². The molecule has 1 aromatic carbocycles. The Hall–Kier alpha value is -1.88. The molecule has 0 aliphatic heterocycles. The van der Waals surface area contributed by atoms with Gasteiger partial charge >= 0.3 is 5.97 Å². The average molecular weight is 276 g/mol. The van der Waals surface area contributed by atoms with Crippen LogP contribution in [0.25, 0.3) is 0 Å². The highest BCUT2D eigenvalue weighted by atomic mass is 32.1. The van der Waals surface area contributed by atoms with Gasteiger partial charge in [0.2, 0.25) is 0 Å². The van der Waals surface area contributed by atoms with E-state index in [0.29, 0.717) is 5.69 Å². The first kappa shape index (κ1) is 13.5. The highest BCUT2D eigenvalue weighted by Crippen LogP contribution is 2.28. The van der Waals surface area contributed by atoms with Crippen LogP contribution >= 0.6 is 11.3 Å². The smallest absolute Gasteiger partial charge is 0.309 e. The maximum absolute atomic E-state index is 10.7. The van der Waals surface area contributed by atoms with E-state index >= 15 is 0 Å². The van der Waals surface area contributed by atoms with Gasteiger partial charge in [0.15, 0.2) is 5.13 Å². The standard InChI is InChI=1S/C14H16N2O2S/c1-3-16(12-6-4-5-10(2)7-12)14-15-11(9-19-14)8-13(17)18/h4-7,9H,3,8H2,1-2H3,(H,17,18). The van der Waals surface area contributed by atoms with Gasteiger partial charge in [-0.3, -0.25) is 4.79 Å². The molecule has 1 N–H and O–H groups in total. The zero-order valence-corrected chi connectivity index (χ0v) is 11.8. The number of carboxylic acids is 1. The zero-order chi connectivity index (χ0) is 13.8. The average Bonchev–Trinajstić information content (AvgIpc) is 2.77. The third kappa shape index (κ3) is 3.32. The summed E-state index contributed by atoms with van der Waals surface area (Å²) in [5.74, 6) is -0.851. The van der Waals surface area contributed by atoms with E-state index in [2.05, 4.69) is 35.9 Å². The molecule has 0 unspecified atom stereocenters. The zero-order valence-electron chi connectivity index (χ0n) is 11.0. The van der Waals surface area contributed by atoms with Crippen molar-refractivity contribution in [2.45, 2.75) is 20.3 Å². The topological polar surface area (TPSA) is 53.4 Å². The van der Waals surface area contributed by atoms with Crippen LogP contribution in [0.3, 0.4) is 0 Å². The molecule has 0 atom stereocenters. The maximum Gasteiger partial charge on any atom is 0.309 e. The Kier molecular flexibility index (Phi) is 4.16. The van der Waals surface area contributed by atoms with Crippen LogP contribution in [0.4, 0.5) is 10.8 Å². The lowest BCUT2D eigenvalue weighted by Crippen LogP contribution is -2.16. The van der Waals surface area contributed by atoms with E-state index in [9.17, 15) is 4.79 Å². The largest absolute Gasteiger partial charge is 0.481 e. The first-order valence-electron chi connectivity index (χ1n) is 6.10. The number of anilines is 2. The molecule has 0 saturated carbocycles. The quantitative estimate of drug-likeness (QED) is 0.911. The Morgan fingerprint density at radius 2 is 2.26 bits per heavy atom. The minimum Gasteiger partial charge on any atom is -0.481 e. The molecule has 0 fully saturated rings. The van der Waals surface area contributed by atoms with Crippen LogP contribution in [-0.2, 0) is 11.2 Å². The van der Waals surface area contributed by atoms with Gasteiger partial charge in [0.05, 0.1) is 12.1 Å². The van der Waals surface area contributed by atoms with E-state index in [1.165, 1.54) is 16.9 Å². The van der Waals surface area contributed by atoms with Gasteiger partial charge in [0, 0.05) is 17.6 Å². The fraction of sp³-hybridized carbons (Fsp3) is 0.286. The van der Waals surface area contributed by atoms with E-state index in [-0.39, 0.29) is 6.42 Å². The minimum atomic E-state index is -0.851. The van der Waals surface area contributed by atoms with Crippen molar-refractivity contribution in [3.63, 3.8) is 0 Å². The van der Waals surface area contributed by atoms with Crippen LogP contribution in [0, 0.1) is 6.92 Å². The number of hydrogen-bond donors (Lipinski definition) is 1. The normalized spacial score (nSPS) is 10.4. The first-order chi connectivity index (χ1) is 9.10. The number of thiazole rings is 1. The van der Waals surface area contributed by atoms with Gasteiger partial charge in [0.1, 0.15) is 0 Å². The molecule has 0 saturated heterocycles. The molecule has 5 heteroatoms. The van der Waals surface area contributed by atoms with Gasteiger partial charge in [-0.25, -0.2) is 4.98 Å². The summed E-state index contributed by atoms with van der Waals surface area (Å²) in [6.45, 7) is 4.90. The van der Waals surface area contributed by atoms with Crippen molar-refractivity contribution in [2.24, 2.45) is 0 Å². The van der Waals surface area contributed by atoms with Crippen molar-refractivity contribution in [1.29, 1.82) is 0 Å². The highest BCUT2D eigenvalue weighted by Gasteiger charge is 2.13. The van der Waals surface area contributed by atoms with Crippen molar-refractivity contribution >= 4 is 28.1 Å². The SMILES string of the molecule is CCN(c1cccc(C)c1)c1nc(CC(=O)O)cs1. The maximum atomic E-state index is 10.7. The van der Waals surface area contributed by atoms with Crippen molar-refractivity contribution in [2.75, 3.05) is 11.4 Å². The second kappa shape index (κ2) is 5.84. The number of benzene rings is 1. The fourth-order valence-corrected chi connectivity index (χ4v) is 2.79. The van der Waals surface area contributed by atoms with Crippen LogP contribution < -0.4 is 4.90 Å². The molecule has 1 heterocycles. The predicted octanol–water partition coefficient (Wildman–Crippen LogP) is 3.24. The fourth-order valence-electron chi connectivity index (χ4n) is 1.88. The van der Waals surface area contributed by atoms with Crippen LogP contribution in [-0.4, -0.2) is 22.6 Å². The van der Waals surface area contributed by atoms with Gasteiger partial charge in [-0.05, 0) is 31.5 Å². The van der Waals surface area contributed by atoms with E-state index in [4.69, 9.17) is 5.11 Å². The Bertz CT molecular complexity index is 580. The van der Waals surface area contributed by atoms with E-state index in [1.54, 1.807) is 0 Å².